The van der Waals surface area contributed by atoms with Crippen molar-refractivity contribution < 1.29 is 0 Å². The number of hydrogen-bond acceptors (Lipinski definition) is 3. The number of H-pyrrole nitrogens is 2. The molecule has 0 saturated heterocycles. The molecule has 6 heteroatoms. The van der Waals surface area contributed by atoms with Crippen LogP contribution < -0.4 is 0 Å². The van der Waals surface area contributed by atoms with Gasteiger partial charge in [-0.1, -0.05) is 18.2 Å². The largest absolute Gasteiger partial charge is 0.346 e. The second-order valence-corrected chi connectivity index (χ2v) is 4.78. The smallest absolute Gasteiger partial charge is 0.138 e. The lowest BCUT2D eigenvalue weighted by atomic mass is 10.0. The summed E-state index contributed by atoms with van der Waals surface area (Å²) in [4.78, 5) is 14.2. The Morgan fingerprint density at radius 2 is 2.19 bits per heavy atom. The summed E-state index contributed by atoms with van der Waals surface area (Å²) >= 11 is 6.46. The molecule has 0 aromatic carbocycles. The Balaban J connectivity index is 2.31. The van der Waals surface area contributed by atoms with Crippen LogP contribution in [0.25, 0.3) is 27.7 Å². The third-order valence-electron chi connectivity index (χ3n) is 3.27. The minimum absolute atomic E-state index is 0.291. The number of pyridine rings is 1. The maximum Gasteiger partial charge on any atom is 0.138 e. The molecule has 3 aromatic rings. The summed E-state index contributed by atoms with van der Waals surface area (Å²) < 4.78 is 0. The lowest BCUT2D eigenvalue weighted by Crippen LogP contribution is -1.87. The Kier molecular flexibility index (Phi) is 3.09. The van der Waals surface area contributed by atoms with E-state index >= 15 is 0 Å². The molecule has 0 unspecified atom stereocenters. The fourth-order valence-corrected chi connectivity index (χ4v) is 2.58. The quantitative estimate of drug-likeness (QED) is 0.564. The molecule has 0 amide bonds. The summed E-state index contributed by atoms with van der Waals surface area (Å²) in [7, 11) is 0. The van der Waals surface area contributed by atoms with Gasteiger partial charge in [-0.15, -0.1) is 0 Å². The molecule has 5 nitrogen and oxygen atoms in total. The van der Waals surface area contributed by atoms with Crippen LogP contribution in [0, 0.1) is 11.3 Å². The zero-order valence-corrected chi connectivity index (χ0v) is 11.7. The summed E-state index contributed by atoms with van der Waals surface area (Å²) in [5, 5.41) is 10.5. The van der Waals surface area contributed by atoms with Gasteiger partial charge in [0.05, 0.1) is 16.7 Å². The Hall–Kier alpha value is -2.84. The van der Waals surface area contributed by atoms with Gasteiger partial charge in [0.15, 0.2) is 0 Å². The van der Waals surface area contributed by atoms with Gasteiger partial charge in [0.1, 0.15) is 11.5 Å². The first-order chi connectivity index (χ1) is 10.2. The van der Waals surface area contributed by atoms with Crippen molar-refractivity contribution in [3.8, 4) is 17.2 Å². The lowest BCUT2D eigenvalue weighted by molar-refractivity contribution is 1.32. The summed E-state index contributed by atoms with van der Waals surface area (Å²) in [6, 6.07) is 3.89. The first kappa shape index (κ1) is 13.2. The minimum Gasteiger partial charge on any atom is -0.346 e. The molecular formula is C15H10ClN5. The van der Waals surface area contributed by atoms with E-state index < -0.39 is 0 Å². The number of hydrogen-bond donors (Lipinski definition) is 2. The maximum atomic E-state index is 9.13. The molecule has 3 rings (SSSR count). The minimum atomic E-state index is 0.291. The van der Waals surface area contributed by atoms with Crippen LogP contribution in [0.2, 0.25) is 5.02 Å². The van der Waals surface area contributed by atoms with Crippen LogP contribution in [0.4, 0.5) is 5.82 Å². The highest BCUT2D eigenvalue weighted by Crippen LogP contribution is 2.39. The zero-order chi connectivity index (χ0) is 15.0. The molecular weight excluding hydrogens is 286 g/mol. The molecule has 3 aromatic heterocycles. The van der Waals surface area contributed by atoms with Crippen molar-refractivity contribution in [2.45, 2.75) is 0 Å². The van der Waals surface area contributed by atoms with Crippen LogP contribution in [0.5, 0.6) is 0 Å². The van der Waals surface area contributed by atoms with E-state index in [9.17, 15) is 0 Å². The molecule has 0 radical (unpaired) electrons. The highest BCUT2D eigenvalue weighted by Gasteiger charge is 2.18. The van der Waals surface area contributed by atoms with Crippen molar-refractivity contribution >= 4 is 40.7 Å². The molecule has 0 fully saturated rings. The molecule has 0 aliphatic rings. The fourth-order valence-electron chi connectivity index (χ4n) is 2.27. The summed E-state index contributed by atoms with van der Waals surface area (Å²) in [6.45, 7) is 7.25. The van der Waals surface area contributed by atoms with E-state index in [1.165, 1.54) is 0 Å². The second-order valence-electron chi connectivity index (χ2n) is 4.40. The molecule has 0 saturated carbocycles. The molecule has 0 bridgehead atoms. The predicted molar refractivity (Wildman–Crippen MR) is 84.7 cm³/mol. The number of halogens is 1. The van der Waals surface area contributed by atoms with Crippen molar-refractivity contribution in [3.63, 3.8) is 0 Å². The molecule has 2 N–H and O–H groups in total. The topological polar surface area (TPSA) is 80.6 Å². The van der Waals surface area contributed by atoms with Crippen molar-refractivity contribution in [2.75, 3.05) is 0 Å². The summed E-state index contributed by atoms with van der Waals surface area (Å²) in [6.07, 6.45) is 5.16. The molecule has 21 heavy (non-hydrogen) atoms. The maximum absolute atomic E-state index is 9.13. The Morgan fingerprint density at radius 3 is 2.90 bits per heavy atom. The van der Waals surface area contributed by atoms with Crippen molar-refractivity contribution in [2.24, 2.45) is 4.99 Å². The molecule has 0 atom stereocenters. The molecule has 0 aliphatic carbocycles. The molecule has 0 aliphatic heterocycles. The van der Waals surface area contributed by atoms with E-state index in [4.69, 9.17) is 16.9 Å². The Labute approximate surface area is 125 Å². The van der Waals surface area contributed by atoms with Crippen molar-refractivity contribution in [3.05, 3.63) is 41.8 Å². The summed E-state index contributed by atoms with van der Waals surface area (Å²) in [5.41, 5.74) is 3.03. The second kappa shape index (κ2) is 4.93. The van der Waals surface area contributed by atoms with Crippen LogP contribution in [0.15, 0.2) is 36.2 Å². The van der Waals surface area contributed by atoms with E-state index in [1.54, 1.807) is 18.6 Å². The van der Waals surface area contributed by atoms with Crippen LogP contribution >= 0.6 is 11.6 Å². The number of nitriles is 1. The number of fused-ring (bicyclic) bond motifs is 1. The van der Waals surface area contributed by atoms with Crippen molar-refractivity contribution in [1.82, 2.24) is 15.0 Å². The fraction of sp³-hybridized carbons (Fsp3) is 0. The normalized spacial score (nSPS) is 10.5. The number of allylic oxidation sites excluding steroid dienone is 1. The van der Waals surface area contributed by atoms with Gasteiger partial charge in [-0.25, -0.2) is 9.98 Å². The first-order valence-corrected chi connectivity index (χ1v) is 6.44. The van der Waals surface area contributed by atoms with Gasteiger partial charge in [0, 0.05) is 40.7 Å². The summed E-state index contributed by atoms with van der Waals surface area (Å²) in [5.74, 6) is 0.488. The SMILES string of the molecule is C=Nc1[nH]cc(-c2cnc3[nH]ccc3c2Cl)c1C(=C)C#N. The van der Waals surface area contributed by atoms with E-state index in [-0.39, 0.29) is 0 Å². The lowest BCUT2D eigenvalue weighted by Gasteiger charge is -2.06. The molecule has 3 heterocycles. The molecule has 102 valence electrons. The van der Waals surface area contributed by atoms with Gasteiger partial charge in [0.2, 0.25) is 0 Å². The van der Waals surface area contributed by atoms with Gasteiger partial charge < -0.3 is 9.97 Å². The average molecular weight is 296 g/mol. The average Bonchev–Trinajstić information content (AvgIpc) is 3.13. The van der Waals surface area contributed by atoms with Gasteiger partial charge >= 0.3 is 0 Å². The van der Waals surface area contributed by atoms with Crippen LogP contribution in [-0.2, 0) is 0 Å². The van der Waals surface area contributed by atoms with Crippen LogP contribution in [-0.4, -0.2) is 21.7 Å². The van der Waals surface area contributed by atoms with Crippen LogP contribution in [0.3, 0.4) is 0 Å². The number of nitrogens with zero attached hydrogens (tertiary/aromatic N) is 3. The van der Waals surface area contributed by atoms with E-state index in [0.717, 1.165) is 10.9 Å². The van der Waals surface area contributed by atoms with Crippen LogP contribution in [0.1, 0.15) is 5.56 Å². The monoisotopic (exact) mass is 295 g/mol. The number of rotatable bonds is 3. The number of aliphatic imine (C=N–C) groups is 1. The zero-order valence-electron chi connectivity index (χ0n) is 10.9. The van der Waals surface area contributed by atoms with E-state index in [2.05, 4.69) is 33.2 Å². The predicted octanol–water partition coefficient (Wildman–Crippen LogP) is 4.08. The Bertz CT molecular complexity index is 910. The number of aromatic nitrogens is 3. The van der Waals surface area contributed by atoms with Crippen molar-refractivity contribution in [1.29, 1.82) is 5.26 Å². The Morgan fingerprint density at radius 1 is 1.38 bits per heavy atom. The van der Waals surface area contributed by atoms with Gasteiger partial charge in [-0.05, 0) is 12.8 Å². The van der Waals surface area contributed by atoms with Gasteiger partial charge in [0.25, 0.3) is 0 Å². The third kappa shape index (κ3) is 1.93. The van der Waals surface area contributed by atoms with E-state index in [0.29, 0.717) is 33.2 Å². The van der Waals surface area contributed by atoms with E-state index in [1.807, 2.05) is 12.1 Å². The number of aromatic amines is 2. The standard InChI is InChI=1S/C15H10ClN5/c1-8(5-17)12-10(6-21-15(12)18-2)11-7-20-14-9(13(11)16)3-4-19-14/h3-4,6-7,21H,1-2H2,(H,19,20). The highest BCUT2D eigenvalue weighted by molar-refractivity contribution is 6.38. The van der Waals surface area contributed by atoms with Gasteiger partial charge in [-0.2, -0.15) is 5.26 Å². The van der Waals surface area contributed by atoms with Gasteiger partial charge in [-0.3, -0.25) is 0 Å². The third-order valence-corrected chi connectivity index (χ3v) is 3.67. The molecule has 0 spiro atoms. The first-order valence-electron chi connectivity index (χ1n) is 6.06. The highest BCUT2D eigenvalue weighted by atomic mass is 35.5. The number of nitrogens with one attached hydrogen (secondary N) is 2.